The maximum atomic E-state index is 6.31. The van der Waals surface area contributed by atoms with Gasteiger partial charge in [0.05, 0.1) is 0 Å². The van der Waals surface area contributed by atoms with E-state index in [1.807, 2.05) is 16.8 Å². The van der Waals surface area contributed by atoms with Gasteiger partial charge in [-0.2, -0.15) is 5.10 Å². The number of hydrogen-bond donors (Lipinski definition) is 0. The summed E-state index contributed by atoms with van der Waals surface area (Å²) in [4.78, 5) is 4.06. The molecule has 1 saturated carbocycles. The molecule has 3 rings (SSSR count). The fraction of sp³-hybridized carbons (Fsp3) is 0.529. The first-order valence-electron chi connectivity index (χ1n) is 7.73. The molecule has 0 spiro atoms. The largest absolute Gasteiger partial charge is 0.253 e. The molecule has 0 N–H and O–H groups in total. The molecule has 1 aromatic heterocycles. The number of alkyl halides is 1. The zero-order valence-corrected chi connectivity index (χ0v) is 14.3. The second-order valence-corrected chi connectivity index (χ2v) is 7.34. The molecule has 118 valence electrons. The molecule has 0 aliphatic heterocycles. The fourth-order valence-corrected chi connectivity index (χ4v) is 4.16. The van der Waals surface area contributed by atoms with Crippen LogP contribution in [-0.2, 0) is 13.0 Å². The second kappa shape index (κ2) is 6.59. The molecule has 1 aliphatic carbocycles. The van der Waals surface area contributed by atoms with Gasteiger partial charge < -0.3 is 0 Å². The van der Waals surface area contributed by atoms with E-state index in [0.717, 1.165) is 18.0 Å². The van der Waals surface area contributed by atoms with Gasteiger partial charge in [-0.3, -0.25) is 4.68 Å². The summed E-state index contributed by atoms with van der Waals surface area (Å²) >= 11 is 12.3. The average Bonchev–Trinajstić information content (AvgIpc) is 3.13. The van der Waals surface area contributed by atoms with Gasteiger partial charge in [0.2, 0.25) is 0 Å². The Morgan fingerprint density at radius 1 is 1.32 bits per heavy atom. The highest BCUT2D eigenvalue weighted by Gasteiger charge is 2.44. The minimum Gasteiger partial charge on any atom is -0.253 e. The van der Waals surface area contributed by atoms with Crippen LogP contribution in [0.4, 0.5) is 0 Å². The van der Waals surface area contributed by atoms with Gasteiger partial charge in [-0.25, -0.2) is 4.98 Å². The first-order valence-corrected chi connectivity index (χ1v) is 8.65. The van der Waals surface area contributed by atoms with E-state index >= 15 is 0 Å². The van der Waals surface area contributed by atoms with Crippen molar-refractivity contribution in [2.75, 3.05) is 5.88 Å². The van der Waals surface area contributed by atoms with Crippen LogP contribution < -0.4 is 0 Å². The van der Waals surface area contributed by atoms with Crippen LogP contribution in [0.5, 0.6) is 0 Å². The van der Waals surface area contributed by atoms with Crippen molar-refractivity contribution in [3.63, 3.8) is 0 Å². The molecular weight excluding hydrogens is 317 g/mol. The monoisotopic (exact) mass is 337 g/mol. The minimum atomic E-state index is 0.171. The standard InChI is InChI=1S/C17H21Cl2N3/c1-17(10-18)7-6-14(8-13-2-4-15(19)5-3-13)16(17)9-22-12-20-11-21-22/h2-5,11-12,14,16H,6-10H2,1H3/t14-,16+,17+/m1/s1. The summed E-state index contributed by atoms with van der Waals surface area (Å²) in [7, 11) is 0. The Morgan fingerprint density at radius 3 is 2.73 bits per heavy atom. The number of hydrogen-bond acceptors (Lipinski definition) is 2. The third-order valence-corrected chi connectivity index (χ3v) is 5.98. The molecule has 3 atom stereocenters. The van der Waals surface area contributed by atoms with Crippen LogP contribution in [0.15, 0.2) is 36.9 Å². The first-order chi connectivity index (χ1) is 10.6. The van der Waals surface area contributed by atoms with E-state index in [1.54, 1.807) is 12.7 Å². The highest BCUT2D eigenvalue weighted by Crippen LogP contribution is 2.49. The Kier molecular flexibility index (Phi) is 4.74. The molecule has 5 heteroatoms. The van der Waals surface area contributed by atoms with Crippen molar-refractivity contribution < 1.29 is 0 Å². The lowest BCUT2D eigenvalue weighted by Crippen LogP contribution is -2.32. The zero-order valence-electron chi connectivity index (χ0n) is 12.8. The second-order valence-electron chi connectivity index (χ2n) is 6.64. The van der Waals surface area contributed by atoms with E-state index in [4.69, 9.17) is 23.2 Å². The number of aromatic nitrogens is 3. The quantitative estimate of drug-likeness (QED) is 0.755. The lowest BCUT2D eigenvalue weighted by Gasteiger charge is -2.32. The van der Waals surface area contributed by atoms with Crippen molar-refractivity contribution in [3.8, 4) is 0 Å². The first kappa shape index (κ1) is 15.8. The van der Waals surface area contributed by atoms with Gasteiger partial charge in [-0.05, 0) is 54.2 Å². The third kappa shape index (κ3) is 3.31. The zero-order chi connectivity index (χ0) is 15.6. The number of benzene rings is 1. The molecule has 0 radical (unpaired) electrons. The third-order valence-electron chi connectivity index (χ3n) is 5.12. The topological polar surface area (TPSA) is 30.7 Å². The van der Waals surface area contributed by atoms with Crippen molar-refractivity contribution in [1.82, 2.24) is 14.8 Å². The van der Waals surface area contributed by atoms with Crippen LogP contribution >= 0.6 is 23.2 Å². The predicted molar refractivity (Wildman–Crippen MR) is 90.2 cm³/mol. The van der Waals surface area contributed by atoms with Gasteiger partial charge in [0.1, 0.15) is 12.7 Å². The molecule has 22 heavy (non-hydrogen) atoms. The van der Waals surface area contributed by atoms with Gasteiger partial charge >= 0.3 is 0 Å². The molecule has 0 amide bonds. The van der Waals surface area contributed by atoms with Crippen molar-refractivity contribution in [3.05, 3.63) is 47.5 Å². The maximum absolute atomic E-state index is 6.31. The highest BCUT2D eigenvalue weighted by atomic mass is 35.5. The van der Waals surface area contributed by atoms with Crippen molar-refractivity contribution in [2.45, 2.75) is 32.7 Å². The molecular formula is C17H21Cl2N3. The summed E-state index contributed by atoms with van der Waals surface area (Å²) < 4.78 is 1.94. The van der Waals surface area contributed by atoms with Crippen LogP contribution in [0.3, 0.4) is 0 Å². The predicted octanol–water partition coefficient (Wildman–Crippen LogP) is 4.45. The van der Waals surface area contributed by atoms with Gasteiger partial charge in [0.15, 0.2) is 0 Å². The van der Waals surface area contributed by atoms with E-state index in [2.05, 4.69) is 29.1 Å². The Bertz CT molecular complexity index is 597. The molecule has 0 unspecified atom stereocenters. The van der Waals surface area contributed by atoms with E-state index in [-0.39, 0.29) is 5.41 Å². The van der Waals surface area contributed by atoms with Gasteiger partial charge in [-0.1, -0.05) is 30.7 Å². The minimum absolute atomic E-state index is 0.171. The van der Waals surface area contributed by atoms with Crippen molar-refractivity contribution in [2.24, 2.45) is 17.3 Å². The number of rotatable bonds is 5. The van der Waals surface area contributed by atoms with Crippen LogP contribution in [-0.4, -0.2) is 20.6 Å². The molecule has 1 aliphatic rings. The van der Waals surface area contributed by atoms with Gasteiger partial charge in [0, 0.05) is 17.4 Å². The molecule has 0 bridgehead atoms. The lowest BCUT2D eigenvalue weighted by atomic mass is 9.77. The lowest BCUT2D eigenvalue weighted by molar-refractivity contribution is 0.186. The summed E-state index contributed by atoms with van der Waals surface area (Å²) in [6.07, 6.45) is 6.86. The normalized spacial score (nSPS) is 28.1. The van der Waals surface area contributed by atoms with E-state index in [1.165, 1.54) is 18.4 Å². The average molecular weight is 338 g/mol. The molecule has 1 aromatic carbocycles. The van der Waals surface area contributed by atoms with Gasteiger partial charge in [0.25, 0.3) is 0 Å². The van der Waals surface area contributed by atoms with Crippen molar-refractivity contribution >= 4 is 23.2 Å². The van der Waals surface area contributed by atoms with Crippen LogP contribution in [0.2, 0.25) is 5.02 Å². The van der Waals surface area contributed by atoms with Crippen LogP contribution in [0.1, 0.15) is 25.3 Å². The van der Waals surface area contributed by atoms with Crippen LogP contribution in [0.25, 0.3) is 0 Å². The summed E-state index contributed by atoms with van der Waals surface area (Å²) in [6.45, 7) is 3.20. The Hall–Kier alpha value is -1.06. The smallest absolute Gasteiger partial charge is 0.137 e. The maximum Gasteiger partial charge on any atom is 0.137 e. The van der Waals surface area contributed by atoms with E-state index in [9.17, 15) is 0 Å². The summed E-state index contributed by atoms with van der Waals surface area (Å²) in [5.41, 5.74) is 1.52. The Balaban J connectivity index is 1.78. The molecule has 1 heterocycles. The summed E-state index contributed by atoms with van der Waals surface area (Å²) in [5, 5.41) is 5.07. The van der Waals surface area contributed by atoms with E-state index < -0.39 is 0 Å². The number of halogens is 2. The highest BCUT2D eigenvalue weighted by molar-refractivity contribution is 6.30. The molecule has 3 nitrogen and oxygen atoms in total. The molecule has 2 aromatic rings. The SMILES string of the molecule is C[C@@]1(CCl)CC[C@H](Cc2ccc(Cl)cc2)[C@@H]1Cn1cncn1. The Morgan fingerprint density at radius 2 is 2.09 bits per heavy atom. The van der Waals surface area contributed by atoms with Crippen molar-refractivity contribution in [1.29, 1.82) is 0 Å². The van der Waals surface area contributed by atoms with Gasteiger partial charge in [-0.15, -0.1) is 11.6 Å². The Labute approximate surface area is 141 Å². The fourth-order valence-electron chi connectivity index (χ4n) is 3.70. The molecule has 0 saturated heterocycles. The summed E-state index contributed by atoms with van der Waals surface area (Å²) in [5.74, 6) is 1.83. The number of nitrogens with zero attached hydrogens (tertiary/aromatic N) is 3. The van der Waals surface area contributed by atoms with E-state index in [0.29, 0.717) is 17.7 Å². The molecule has 1 fully saturated rings. The summed E-state index contributed by atoms with van der Waals surface area (Å²) in [6, 6.07) is 8.20. The van der Waals surface area contributed by atoms with Crippen LogP contribution in [0, 0.1) is 17.3 Å².